The van der Waals surface area contributed by atoms with E-state index in [-0.39, 0.29) is 12.5 Å². The van der Waals surface area contributed by atoms with E-state index in [2.05, 4.69) is 15.3 Å². The fourth-order valence-corrected chi connectivity index (χ4v) is 3.46. The molecule has 2 aromatic rings. The van der Waals surface area contributed by atoms with Gasteiger partial charge in [-0.1, -0.05) is 18.2 Å². The van der Waals surface area contributed by atoms with Gasteiger partial charge in [0, 0.05) is 38.1 Å². The second kappa shape index (κ2) is 9.66. The molecular formula is C19H25N3O3S. The number of aryl methyl sites for hydroxylation is 1. The molecule has 1 fully saturated rings. The van der Waals surface area contributed by atoms with Gasteiger partial charge in [-0.2, -0.15) is 0 Å². The Morgan fingerprint density at radius 2 is 1.92 bits per heavy atom. The zero-order valence-electron chi connectivity index (χ0n) is 15.1. The molecule has 0 bridgehead atoms. The number of ether oxygens (including phenoxy) is 2. The lowest BCUT2D eigenvalue weighted by Crippen LogP contribution is -2.49. The molecule has 0 unspecified atom stereocenters. The number of carbonyl (C=O) groups excluding carboxylic acids is 1. The predicted octanol–water partition coefficient (Wildman–Crippen LogP) is 2.19. The molecule has 1 aliphatic heterocycles. The highest BCUT2D eigenvalue weighted by molar-refractivity contribution is 7.09. The molecule has 0 spiro atoms. The number of nitrogens with zero attached hydrogens (tertiary/aromatic N) is 3. The molecule has 0 saturated carbocycles. The Morgan fingerprint density at radius 3 is 2.62 bits per heavy atom. The Kier molecular flexibility index (Phi) is 6.99. The van der Waals surface area contributed by atoms with E-state index in [1.165, 1.54) is 0 Å². The van der Waals surface area contributed by atoms with Crippen molar-refractivity contribution in [1.82, 2.24) is 14.8 Å². The summed E-state index contributed by atoms with van der Waals surface area (Å²) in [6, 6.07) is 9.60. The van der Waals surface area contributed by atoms with Gasteiger partial charge in [0.15, 0.2) is 0 Å². The zero-order chi connectivity index (χ0) is 18.2. The van der Waals surface area contributed by atoms with Crippen molar-refractivity contribution in [2.75, 3.05) is 46.0 Å². The summed E-state index contributed by atoms with van der Waals surface area (Å²) in [6.45, 7) is 7.08. The number of hydrogen-bond acceptors (Lipinski definition) is 6. The zero-order valence-corrected chi connectivity index (χ0v) is 15.9. The van der Waals surface area contributed by atoms with Crippen LogP contribution in [0.1, 0.15) is 10.7 Å². The molecule has 26 heavy (non-hydrogen) atoms. The molecule has 0 radical (unpaired) electrons. The first-order valence-corrected chi connectivity index (χ1v) is 9.75. The van der Waals surface area contributed by atoms with Gasteiger partial charge in [-0.25, -0.2) is 4.98 Å². The van der Waals surface area contributed by atoms with Crippen molar-refractivity contribution >= 4 is 17.2 Å². The van der Waals surface area contributed by atoms with Crippen molar-refractivity contribution in [3.63, 3.8) is 0 Å². The standard InChI is InChI=1S/C19H25N3O3S/c1-16-20-17(15-26-16)13-21-7-9-22(10-8-21)19(23)14-24-11-12-25-18-5-3-2-4-6-18/h2-6,15H,7-14H2,1H3. The molecule has 140 valence electrons. The Hall–Kier alpha value is -1.96. The van der Waals surface area contributed by atoms with E-state index in [0.717, 1.165) is 49.2 Å². The van der Waals surface area contributed by atoms with E-state index >= 15 is 0 Å². The summed E-state index contributed by atoms with van der Waals surface area (Å²) in [5, 5.41) is 3.21. The van der Waals surface area contributed by atoms with Gasteiger partial charge >= 0.3 is 0 Å². The average Bonchev–Trinajstić information content (AvgIpc) is 3.07. The summed E-state index contributed by atoms with van der Waals surface area (Å²) < 4.78 is 11.0. The van der Waals surface area contributed by atoms with Crippen molar-refractivity contribution in [2.24, 2.45) is 0 Å². The van der Waals surface area contributed by atoms with Crippen molar-refractivity contribution in [3.05, 3.63) is 46.4 Å². The van der Waals surface area contributed by atoms with Gasteiger partial charge in [0.05, 0.1) is 17.3 Å². The molecule has 1 aromatic carbocycles. The first kappa shape index (κ1) is 18.8. The smallest absolute Gasteiger partial charge is 0.248 e. The van der Waals surface area contributed by atoms with Crippen LogP contribution in [0.4, 0.5) is 0 Å². The summed E-state index contributed by atoms with van der Waals surface area (Å²) in [4.78, 5) is 20.9. The van der Waals surface area contributed by atoms with Crippen LogP contribution in [-0.2, 0) is 16.1 Å². The third-order valence-corrected chi connectivity index (χ3v) is 5.06. The van der Waals surface area contributed by atoms with Crippen LogP contribution in [0.15, 0.2) is 35.7 Å². The van der Waals surface area contributed by atoms with E-state index < -0.39 is 0 Å². The lowest BCUT2D eigenvalue weighted by atomic mass is 10.3. The number of piperazine rings is 1. The SMILES string of the molecule is Cc1nc(CN2CCN(C(=O)COCCOc3ccccc3)CC2)cs1. The molecule has 0 N–H and O–H groups in total. The van der Waals surface area contributed by atoms with Crippen molar-refractivity contribution in [3.8, 4) is 5.75 Å². The van der Waals surface area contributed by atoms with Gasteiger partial charge in [-0.15, -0.1) is 11.3 Å². The summed E-state index contributed by atoms with van der Waals surface area (Å²) in [6.07, 6.45) is 0. The highest BCUT2D eigenvalue weighted by atomic mass is 32.1. The molecule has 3 rings (SSSR count). The maximum absolute atomic E-state index is 12.2. The monoisotopic (exact) mass is 375 g/mol. The van der Waals surface area contributed by atoms with E-state index in [1.54, 1.807) is 11.3 Å². The summed E-state index contributed by atoms with van der Waals surface area (Å²) in [5.74, 6) is 0.864. The van der Waals surface area contributed by atoms with Crippen LogP contribution in [-0.4, -0.2) is 66.7 Å². The summed E-state index contributed by atoms with van der Waals surface area (Å²) >= 11 is 1.68. The molecular weight excluding hydrogens is 350 g/mol. The highest BCUT2D eigenvalue weighted by Gasteiger charge is 2.21. The first-order valence-electron chi connectivity index (χ1n) is 8.87. The maximum atomic E-state index is 12.2. The largest absolute Gasteiger partial charge is 0.491 e. The van der Waals surface area contributed by atoms with Gasteiger partial charge in [0.25, 0.3) is 0 Å². The Morgan fingerprint density at radius 1 is 1.15 bits per heavy atom. The Labute approximate surface area is 158 Å². The van der Waals surface area contributed by atoms with Crippen molar-refractivity contribution in [1.29, 1.82) is 0 Å². The van der Waals surface area contributed by atoms with Crippen LogP contribution in [0.25, 0.3) is 0 Å². The molecule has 7 heteroatoms. The van der Waals surface area contributed by atoms with E-state index in [9.17, 15) is 4.79 Å². The van der Waals surface area contributed by atoms with Gasteiger partial charge in [-0.05, 0) is 19.1 Å². The second-order valence-electron chi connectivity index (χ2n) is 6.23. The summed E-state index contributed by atoms with van der Waals surface area (Å²) in [5.41, 5.74) is 1.12. The molecule has 0 atom stereocenters. The van der Waals surface area contributed by atoms with Gasteiger partial charge < -0.3 is 14.4 Å². The molecule has 1 aliphatic rings. The summed E-state index contributed by atoms with van der Waals surface area (Å²) in [7, 11) is 0. The molecule has 1 aromatic heterocycles. The molecule has 1 amide bonds. The quantitative estimate of drug-likeness (QED) is 0.662. The van der Waals surface area contributed by atoms with Crippen molar-refractivity contribution in [2.45, 2.75) is 13.5 Å². The van der Waals surface area contributed by atoms with Crippen LogP contribution in [0.2, 0.25) is 0 Å². The van der Waals surface area contributed by atoms with Crippen LogP contribution >= 0.6 is 11.3 Å². The van der Waals surface area contributed by atoms with Crippen LogP contribution in [0.5, 0.6) is 5.75 Å². The molecule has 6 nitrogen and oxygen atoms in total. The van der Waals surface area contributed by atoms with E-state index in [4.69, 9.17) is 9.47 Å². The number of carbonyl (C=O) groups is 1. The average molecular weight is 375 g/mol. The van der Waals surface area contributed by atoms with Crippen molar-refractivity contribution < 1.29 is 14.3 Å². The number of hydrogen-bond donors (Lipinski definition) is 0. The normalized spacial score (nSPS) is 15.2. The number of aromatic nitrogens is 1. The fourth-order valence-electron chi connectivity index (χ4n) is 2.85. The highest BCUT2D eigenvalue weighted by Crippen LogP contribution is 2.12. The number of para-hydroxylation sites is 1. The second-order valence-corrected chi connectivity index (χ2v) is 7.29. The van der Waals surface area contributed by atoms with Gasteiger partial charge in [0.1, 0.15) is 19.0 Å². The first-order chi connectivity index (χ1) is 12.7. The maximum Gasteiger partial charge on any atom is 0.248 e. The minimum absolute atomic E-state index is 0.0499. The van der Waals surface area contributed by atoms with Gasteiger partial charge in [0.2, 0.25) is 5.91 Å². The van der Waals surface area contributed by atoms with Gasteiger partial charge in [-0.3, -0.25) is 9.69 Å². The molecule has 0 aliphatic carbocycles. The van der Waals surface area contributed by atoms with Crippen LogP contribution in [0.3, 0.4) is 0 Å². The molecule has 1 saturated heterocycles. The lowest BCUT2D eigenvalue weighted by molar-refractivity contribution is -0.138. The number of rotatable bonds is 8. The third kappa shape index (κ3) is 5.79. The predicted molar refractivity (Wildman–Crippen MR) is 101 cm³/mol. The third-order valence-electron chi connectivity index (χ3n) is 4.24. The minimum Gasteiger partial charge on any atom is -0.491 e. The number of thiazole rings is 1. The number of amides is 1. The Balaban J connectivity index is 1.28. The topological polar surface area (TPSA) is 54.9 Å². The fraction of sp³-hybridized carbons (Fsp3) is 0.474. The van der Waals surface area contributed by atoms with Crippen LogP contribution in [0, 0.1) is 6.92 Å². The van der Waals surface area contributed by atoms with E-state index in [0.29, 0.717) is 13.2 Å². The molecule has 2 heterocycles. The lowest BCUT2D eigenvalue weighted by Gasteiger charge is -2.34. The Bertz CT molecular complexity index is 684. The van der Waals surface area contributed by atoms with E-state index in [1.807, 2.05) is 42.2 Å². The number of benzene rings is 1. The minimum atomic E-state index is 0.0499. The van der Waals surface area contributed by atoms with Crippen LogP contribution < -0.4 is 4.74 Å².